The maximum Gasteiger partial charge on any atom is 0.159 e. The fourth-order valence-corrected chi connectivity index (χ4v) is 12.4. The second-order valence-corrected chi connectivity index (χ2v) is 20.4. The van der Waals surface area contributed by atoms with Gasteiger partial charge in [-0.05, 0) is 135 Å². The Kier molecular flexibility index (Phi) is 9.25. The second kappa shape index (κ2) is 15.8. The SMILES string of the molecule is CC1(C)C2=C(c3c1ccc1oc4c(N(c5ccccc5)c5cc(-c6ccccc6)cc(N(c6ccccc6)c6ccc(-c7ccccc7)cc6)c5)cccc4c31)C(C)(C)c1c2ccc2oc3ccccc3c12. The van der Waals surface area contributed by atoms with Crippen LogP contribution in [0.4, 0.5) is 34.1 Å². The maximum absolute atomic E-state index is 7.30. The van der Waals surface area contributed by atoms with E-state index in [1.54, 1.807) is 0 Å². The molecule has 72 heavy (non-hydrogen) atoms. The lowest BCUT2D eigenvalue weighted by Crippen LogP contribution is -2.19. The van der Waals surface area contributed by atoms with Gasteiger partial charge in [0, 0.05) is 60.8 Å². The Morgan fingerprint density at radius 2 is 0.889 bits per heavy atom. The molecule has 4 heteroatoms. The van der Waals surface area contributed by atoms with Crippen LogP contribution in [0.25, 0.3) is 77.3 Å². The molecule has 2 aromatic heterocycles. The Bertz CT molecular complexity index is 4130. The number of para-hydroxylation sites is 4. The van der Waals surface area contributed by atoms with Crippen LogP contribution in [0.5, 0.6) is 0 Å². The van der Waals surface area contributed by atoms with E-state index in [1.165, 1.54) is 55.3 Å². The molecular formula is C68H50N2O2. The van der Waals surface area contributed by atoms with Crippen LogP contribution in [-0.2, 0) is 10.8 Å². The van der Waals surface area contributed by atoms with E-state index < -0.39 is 0 Å². The van der Waals surface area contributed by atoms with Crippen molar-refractivity contribution >= 4 is 89.1 Å². The van der Waals surface area contributed by atoms with E-state index in [1.807, 2.05) is 0 Å². The molecule has 0 fully saturated rings. The Balaban J connectivity index is 0.985. The van der Waals surface area contributed by atoms with Crippen LogP contribution in [-0.4, -0.2) is 0 Å². The highest BCUT2D eigenvalue weighted by Crippen LogP contribution is 2.66. The molecule has 0 aliphatic heterocycles. The molecule has 4 nitrogen and oxygen atoms in total. The van der Waals surface area contributed by atoms with E-state index in [0.717, 1.165) is 78.4 Å². The fourth-order valence-electron chi connectivity index (χ4n) is 12.4. The molecule has 0 atom stereocenters. The minimum atomic E-state index is -0.328. The van der Waals surface area contributed by atoms with E-state index in [9.17, 15) is 0 Å². The average molecular weight is 927 g/mol. The molecule has 0 spiro atoms. The third-order valence-corrected chi connectivity index (χ3v) is 15.5. The number of allylic oxidation sites excluding steroid dienone is 2. The van der Waals surface area contributed by atoms with Crippen molar-refractivity contribution in [2.24, 2.45) is 0 Å². The highest BCUT2D eigenvalue weighted by molar-refractivity contribution is 6.23. The van der Waals surface area contributed by atoms with Gasteiger partial charge in [0.2, 0.25) is 0 Å². The van der Waals surface area contributed by atoms with Crippen molar-refractivity contribution in [3.8, 4) is 22.3 Å². The topological polar surface area (TPSA) is 32.8 Å². The van der Waals surface area contributed by atoms with Crippen LogP contribution in [0, 0.1) is 0 Å². The molecule has 2 aliphatic carbocycles. The Morgan fingerprint density at radius 3 is 1.58 bits per heavy atom. The summed E-state index contributed by atoms with van der Waals surface area (Å²) in [6.45, 7) is 9.64. The molecule has 0 saturated carbocycles. The van der Waals surface area contributed by atoms with Gasteiger partial charge < -0.3 is 18.6 Å². The van der Waals surface area contributed by atoms with Gasteiger partial charge in [0.25, 0.3) is 0 Å². The molecule has 344 valence electrons. The predicted octanol–water partition coefficient (Wildman–Crippen LogP) is 19.3. The minimum Gasteiger partial charge on any atom is -0.456 e. The zero-order valence-electron chi connectivity index (χ0n) is 40.7. The van der Waals surface area contributed by atoms with Gasteiger partial charge in [0.15, 0.2) is 5.58 Å². The molecule has 10 aromatic carbocycles. The predicted molar refractivity (Wildman–Crippen MR) is 301 cm³/mol. The maximum atomic E-state index is 7.30. The van der Waals surface area contributed by atoms with Crippen LogP contribution in [0.15, 0.2) is 239 Å². The van der Waals surface area contributed by atoms with Gasteiger partial charge in [0.1, 0.15) is 16.7 Å². The van der Waals surface area contributed by atoms with Crippen molar-refractivity contribution in [1.29, 1.82) is 0 Å². The molecule has 14 rings (SSSR count). The smallest absolute Gasteiger partial charge is 0.159 e. The van der Waals surface area contributed by atoms with E-state index in [0.29, 0.717) is 0 Å². The molecule has 2 heterocycles. The summed E-state index contributed by atoms with van der Waals surface area (Å²) in [7, 11) is 0. The quantitative estimate of drug-likeness (QED) is 0.152. The third kappa shape index (κ3) is 6.25. The zero-order valence-corrected chi connectivity index (χ0v) is 40.7. The van der Waals surface area contributed by atoms with E-state index in [-0.39, 0.29) is 10.8 Å². The summed E-state index contributed by atoms with van der Waals surface area (Å²) >= 11 is 0. The number of hydrogen-bond donors (Lipinski definition) is 0. The van der Waals surface area contributed by atoms with Gasteiger partial charge in [-0.3, -0.25) is 0 Å². The summed E-state index contributed by atoms with van der Waals surface area (Å²) in [6, 6.07) is 82.8. The van der Waals surface area contributed by atoms with Gasteiger partial charge in [-0.15, -0.1) is 0 Å². The van der Waals surface area contributed by atoms with Crippen molar-refractivity contribution in [2.75, 3.05) is 9.80 Å². The first-order chi connectivity index (χ1) is 35.2. The monoisotopic (exact) mass is 926 g/mol. The lowest BCUT2D eigenvalue weighted by Gasteiger charge is -2.30. The molecule has 0 radical (unpaired) electrons. The van der Waals surface area contributed by atoms with Crippen LogP contribution >= 0.6 is 0 Å². The van der Waals surface area contributed by atoms with Gasteiger partial charge in [-0.25, -0.2) is 0 Å². The number of benzene rings is 10. The molecule has 0 amide bonds. The van der Waals surface area contributed by atoms with Crippen molar-refractivity contribution in [1.82, 2.24) is 0 Å². The molecule has 0 saturated heterocycles. The fraction of sp³-hybridized carbons (Fsp3) is 0.0882. The lowest BCUT2D eigenvalue weighted by atomic mass is 9.74. The first-order valence-corrected chi connectivity index (χ1v) is 25.0. The third-order valence-electron chi connectivity index (χ3n) is 15.5. The highest BCUT2D eigenvalue weighted by Gasteiger charge is 2.51. The van der Waals surface area contributed by atoms with Gasteiger partial charge in [-0.1, -0.05) is 179 Å². The number of rotatable bonds is 8. The minimum absolute atomic E-state index is 0.257. The molecular weight excluding hydrogens is 877 g/mol. The summed E-state index contributed by atoms with van der Waals surface area (Å²) in [5, 5.41) is 4.65. The highest BCUT2D eigenvalue weighted by atomic mass is 16.3. The number of hydrogen-bond acceptors (Lipinski definition) is 4. The average Bonchev–Trinajstić information content (AvgIpc) is 4.14. The summed E-state index contributed by atoms with van der Waals surface area (Å²) in [5.74, 6) is 0. The molecule has 0 bridgehead atoms. The van der Waals surface area contributed by atoms with Crippen LogP contribution in [0.3, 0.4) is 0 Å². The lowest BCUT2D eigenvalue weighted by molar-refractivity contribution is 0.663. The second-order valence-electron chi connectivity index (χ2n) is 20.4. The van der Waals surface area contributed by atoms with Crippen molar-refractivity contribution in [3.63, 3.8) is 0 Å². The summed E-state index contributed by atoms with van der Waals surface area (Å²) < 4.78 is 13.8. The van der Waals surface area contributed by atoms with Crippen molar-refractivity contribution in [2.45, 2.75) is 38.5 Å². The molecule has 0 unspecified atom stereocenters. The van der Waals surface area contributed by atoms with Gasteiger partial charge >= 0.3 is 0 Å². The largest absolute Gasteiger partial charge is 0.456 e. The summed E-state index contributed by atoms with van der Waals surface area (Å²) in [4.78, 5) is 4.75. The van der Waals surface area contributed by atoms with Gasteiger partial charge in [-0.2, -0.15) is 0 Å². The number of nitrogens with zero attached hydrogens (tertiary/aromatic N) is 2. The summed E-state index contributed by atoms with van der Waals surface area (Å²) in [5.41, 5.74) is 21.8. The van der Waals surface area contributed by atoms with Crippen molar-refractivity contribution in [3.05, 3.63) is 253 Å². The van der Waals surface area contributed by atoms with E-state index in [4.69, 9.17) is 8.83 Å². The zero-order chi connectivity index (χ0) is 48.3. The van der Waals surface area contributed by atoms with Crippen LogP contribution in [0.1, 0.15) is 49.9 Å². The Labute approximate surface area is 419 Å². The molecule has 0 N–H and O–H groups in total. The first-order valence-electron chi connectivity index (χ1n) is 25.0. The number of fused-ring (bicyclic) bond motifs is 12. The van der Waals surface area contributed by atoms with E-state index in [2.05, 4.69) is 268 Å². The number of furan rings is 2. The number of anilines is 6. The Hall–Kier alpha value is -8.86. The molecule has 12 aromatic rings. The first kappa shape index (κ1) is 42.1. The standard InChI is InChI=1S/C68H50N2O2/c1-67(2)55-37-39-58-60(62(55)65-64(67)54-36-38-59-61(63(54)68(65,3)4)52-28-17-18-31-57(52)71-59)53-29-19-30-56(66(53)72-58)70(48-26-15-8-16-27-48)51-41-46(44-22-11-6-12-23-44)40-50(42-51)69(47-24-13-7-14-25-47)49-34-32-45(33-35-49)43-20-9-5-10-21-43/h5-42H,1-4H3. The van der Waals surface area contributed by atoms with Crippen molar-refractivity contribution < 1.29 is 8.83 Å². The molecule has 2 aliphatic rings. The van der Waals surface area contributed by atoms with Crippen LogP contribution < -0.4 is 9.80 Å². The summed E-state index contributed by atoms with van der Waals surface area (Å²) in [6.07, 6.45) is 0. The Morgan fingerprint density at radius 1 is 0.347 bits per heavy atom. The van der Waals surface area contributed by atoms with E-state index >= 15 is 0 Å². The normalized spacial score (nSPS) is 14.3. The van der Waals surface area contributed by atoms with Crippen LogP contribution in [0.2, 0.25) is 0 Å². The van der Waals surface area contributed by atoms with Gasteiger partial charge in [0.05, 0.1) is 5.69 Å².